The Morgan fingerprint density at radius 3 is 1.71 bits per heavy atom. The molecule has 0 bridgehead atoms. The summed E-state index contributed by atoms with van der Waals surface area (Å²) in [6.07, 6.45) is 0.111. The van der Waals surface area contributed by atoms with Crippen molar-refractivity contribution in [1.82, 2.24) is 0 Å². The zero-order valence-electron chi connectivity index (χ0n) is 4.40. The fraction of sp³-hybridized carbons (Fsp3) is 0.750. The summed E-state index contributed by atoms with van der Waals surface area (Å²) in [5.41, 5.74) is 0. The Hall–Kier alpha value is -0.0500. The maximum atomic E-state index is 9.26. The molecule has 0 aliphatic rings. The first-order valence-electron chi connectivity index (χ1n) is 1.85. The molecule has 43 valence electrons. The van der Waals surface area contributed by atoms with E-state index in [9.17, 15) is 9.90 Å². The van der Waals surface area contributed by atoms with Crippen LogP contribution in [0.15, 0.2) is 0 Å². The molecule has 0 aromatic rings. The van der Waals surface area contributed by atoms with Crippen molar-refractivity contribution < 1.29 is 9.90 Å². The fourth-order valence-electron chi connectivity index (χ4n) is 0. The van der Waals surface area contributed by atoms with E-state index >= 15 is 0 Å². The van der Waals surface area contributed by atoms with Gasteiger partial charge in [0.05, 0.1) is 0 Å². The number of carbonyl (C=O) groups is 1. The van der Waals surface area contributed by atoms with E-state index in [1.807, 2.05) is 5.83 Å². The van der Waals surface area contributed by atoms with Crippen LogP contribution in [0.2, 0.25) is 0 Å². The van der Waals surface area contributed by atoms with Gasteiger partial charge >= 0.3 is 5.97 Å². The first kappa shape index (κ1) is 10.0. The van der Waals surface area contributed by atoms with Crippen LogP contribution in [-0.4, -0.2) is 11.8 Å². The second-order valence-electron chi connectivity index (χ2n) is 0.726. The standard InChI is InChI=1S/C3H5O2.CH3Br/c1-2-3(4)5;1-2/h2H2,1H3;1H3. The summed E-state index contributed by atoms with van der Waals surface area (Å²) < 4.78 is 0. The lowest BCUT2D eigenvalue weighted by Crippen LogP contribution is -1.83. The minimum absolute atomic E-state index is 0.111. The molecule has 0 aliphatic heterocycles. The monoisotopic (exact) mass is 167 g/mol. The van der Waals surface area contributed by atoms with Crippen LogP contribution in [0.1, 0.15) is 13.3 Å². The second kappa shape index (κ2) is 9.34. The molecule has 0 atom stereocenters. The molecule has 7 heavy (non-hydrogen) atoms. The molecule has 1 radical (unpaired) electrons. The lowest BCUT2D eigenvalue weighted by atomic mass is 10.5. The number of rotatable bonds is 1. The Balaban J connectivity index is 0. The molecule has 0 saturated heterocycles. The normalized spacial score (nSPS) is 6.14. The largest absolute Gasteiger partial charge is 0.355 e. The average molecular weight is 168 g/mol. The molecule has 0 aromatic heterocycles. The van der Waals surface area contributed by atoms with Crippen LogP contribution in [0.3, 0.4) is 0 Å². The third-order valence-electron chi connectivity index (χ3n) is 0.289. The minimum atomic E-state index is -0.995. The highest BCUT2D eigenvalue weighted by Crippen LogP contribution is 1.68. The predicted octanol–water partition coefficient (Wildman–Crippen LogP) is 1.36. The van der Waals surface area contributed by atoms with Gasteiger partial charge in [-0.2, -0.15) is 0 Å². The molecular weight excluding hydrogens is 160 g/mol. The zero-order chi connectivity index (χ0) is 6.28. The van der Waals surface area contributed by atoms with Crippen molar-refractivity contribution >= 4 is 21.9 Å². The highest BCUT2D eigenvalue weighted by molar-refractivity contribution is 9.08. The molecule has 0 amide bonds. The summed E-state index contributed by atoms with van der Waals surface area (Å²) in [6.45, 7) is 1.54. The molecule has 2 nitrogen and oxygen atoms in total. The van der Waals surface area contributed by atoms with Gasteiger partial charge in [-0.1, -0.05) is 22.9 Å². The molecule has 0 aliphatic carbocycles. The van der Waals surface area contributed by atoms with Crippen molar-refractivity contribution in [2.45, 2.75) is 13.3 Å². The van der Waals surface area contributed by atoms with Gasteiger partial charge in [0.2, 0.25) is 0 Å². The Morgan fingerprint density at radius 2 is 1.71 bits per heavy atom. The van der Waals surface area contributed by atoms with Gasteiger partial charge in [0.25, 0.3) is 0 Å². The highest BCUT2D eigenvalue weighted by Gasteiger charge is 1.85. The van der Waals surface area contributed by atoms with Crippen molar-refractivity contribution in [2.75, 3.05) is 5.83 Å². The molecular formula is C4H8BrO2. The van der Waals surface area contributed by atoms with Gasteiger partial charge in [-0.3, -0.25) is 0 Å². The Labute approximate surface area is 51.7 Å². The summed E-state index contributed by atoms with van der Waals surface area (Å²) in [5.74, 6) is 0.817. The maximum absolute atomic E-state index is 9.26. The second-order valence-corrected chi connectivity index (χ2v) is 0.726. The van der Waals surface area contributed by atoms with Crippen LogP contribution in [-0.2, 0) is 9.90 Å². The quantitative estimate of drug-likeness (QED) is 0.544. The number of carbonyl (C=O) groups excluding carboxylic acids is 1. The van der Waals surface area contributed by atoms with Crippen molar-refractivity contribution in [3.8, 4) is 0 Å². The predicted molar refractivity (Wildman–Crippen MR) is 30.8 cm³/mol. The Kier molecular flexibility index (Phi) is 13.4. The van der Waals surface area contributed by atoms with Crippen LogP contribution < -0.4 is 0 Å². The molecule has 0 rings (SSSR count). The van der Waals surface area contributed by atoms with E-state index < -0.39 is 5.97 Å². The Morgan fingerprint density at radius 1 is 1.57 bits per heavy atom. The third kappa shape index (κ3) is 24.4. The molecule has 0 N–H and O–H groups in total. The van der Waals surface area contributed by atoms with Crippen molar-refractivity contribution in [3.63, 3.8) is 0 Å². The third-order valence-corrected chi connectivity index (χ3v) is 0.289. The molecule has 0 heterocycles. The SMILES string of the molecule is CBr.CCC([O])=O. The van der Waals surface area contributed by atoms with E-state index in [1.54, 1.807) is 0 Å². The van der Waals surface area contributed by atoms with Gasteiger partial charge in [-0.05, 0) is 5.83 Å². The topological polar surface area (TPSA) is 37.0 Å². The Bertz CT molecular complexity index is 45.0. The number of halogens is 1. The van der Waals surface area contributed by atoms with E-state index in [0.717, 1.165) is 0 Å². The number of hydrogen-bond donors (Lipinski definition) is 0. The highest BCUT2D eigenvalue weighted by atomic mass is 79.9. The summed E-state index contributed by atoms with van der Waals surface area (Å²) in [5, 5.41) is 9.26. The number of hydrogen-bond acceptors (Lipinski definition) is 1. The van der Waals surface area contributed by atoms with Crippen molar-refractivity contribution in [2.24, 2.45) is 0 Å². The van der Waals surface area contributed by atoms with E-state index in [-0.39, 0.29) is 6.42 Å². The summed E-state index contributed by atoms with van der Waals surface area (Å²) >= 11 is 2.94. The van der Waals surface area contributed by atoms with Crippen LogP contribution >= 0.6 is 15.9 Å². The van der Waals surface area contributed by atoms with Crippen LogP contribution in [0.25, 0.3) is 0 Å². The minimum Gasteiger partial charge on any atom is -0.247 e. The fourth-order valence-corrected chi connectivity index (χ4v) is 0. The molecule has 0 saturated carbocycles. The maximum Gasteiger partial charge on any atom is 0.355 e. The van der Waals surface area contributed by atoms with Gasteiger partial charge in [-0.15, -0.1) is 0 Å². The lowest BCUT2D eigenvalue weighted by Gasteiger charge is -1.65. The molecule has 0 fully saturated rings. The zero-order valence-corrected chi connectivity index (χ0v) is 5.99. The van der Waals surface area contributed by atoms with E-state index in [1.165, 1.54) is 6.92 Å². The van der Waals surface area contributed by atoms with Crippen molar-refractivity contribution in [3.05, 3.63) is 0 Å². The first-order valence-corrected chi connectivity index (χ1v) is 3.43. The summed E-state index contributed by atoms with van der Waals surface area (Å²) in [4.78, 5) is 9.26. The molecule has 0 spiro atoms. The lowest BCUT2D eigenvalue weighted by molar-refractivity contribution is -0.142. The average Bonchev–Trinajstić information content (AvgIpc) is 1.73. The van der Waals surface area contributed by atoms with E-state index in [2.05, 4.69) is 15.9 Å². The molecule has 0 aromatic carbocycles. The van der Waals surface area contributed by atoms with Crippen LogP contribution in [0, 0.1) is 0 Å². The summed E-state index contributed by atoms with van der Waals surface area (Å²) in [6, 6.07) is 0. The van der Waals surface area contributed by atoms with Gasteiger partial charge in [0, 0.05) is 6.42 Å². The summed E-state index contributed by atoms with van der Waals surface area (Å²) in [7, 11) is 0. The van der Waals surface area contributed by atoms with Gasteiger partial charge in [0.15, 0.2) is 0 Å². The van der Waals surface area contributed by atoms with Gasteiger partial charge in [0.1, 0.15) is 0 Å². The smallest absolute Gasteiger partial charge is 0.247 e. The van der Waals surface area contributed by atoms with E-state index in [0.29, 0.717) is 0 Å². The number of alkyl halides is 1. The van der Waals surface area contributed by atoms with Gasteiger partial charge < -0.3 is 0 Å². The van der Waals surface area contributed by atoms with Crippen LogP contribution in [0.4, 0.5) is 0 Å². The van der Waals surface area contributed by atoms with E-state index in [4.69, 9.17) is 0 Å². The van der Waals surface area contributed by atoms with Crippen molar-refractivity contribution in [1.29, 1.82) is 0 Å². The molecule has 3 heteroatoms. The van der Waals surface area contributed by atoms with Gasteiger partial charge in [-0.25, -0.2) is 9.90 Å². The first-order chi connectivity index (χ1) is 3.27. The molecule has 0 unspecified atom stereocenters. The van der Waals surface area contributed by atoms with Crippen LogP contribution in [0.5, 0.6) is 0 Å².